The normalized spacial score (nSPS) is 10.5. The van der Waals surface area contributed by atoms with Gasteiger partial charge in [-0.3, -0.25) is 0 Å². The van der Waals surface area contributed by atoms with Crippen LogP contribution in [0.25, 0.3) is 11.1 Å². The molecule has 2 aromatic rings. The third kappa shape index (κ3) is 2.16. The van der Waals surface area contributed by atoms with Gasteiger partial charge in [-0.1, -0.05) is 48.9 Å². The van der Waals surface area contributed by atoms with Gasteiger partial charge in [0.15, 0.2) is 0 Å². The maximum atomic E-state index is 10.00. The van der Waals surface area contributed by atoms with Gasteiger partial charge >= 0.3 is 0 Å². The fourth-order valence-electron chi connectivity index (χ4n) is 2.09. The second-order valence-corrected chi connectivity index (χ2v) is 4.46. The van der Waals surface area contributed by atoms with Crippen molar-refractivity contribution in [3.05, 3.63) is 52.5 Å². The molecule has 0 amide bonds. The minimum Gasteiger partial charge on any atom is -0.508 e. The van der Waals surface area contributed by atoms with Crippen molar-refractivity contribution in [2.45, 2.75) is 20.3 Å². The summed E-state index contributed by atoms with van der Waals surface area (Å²) in [6.45, 7) is 3.97. The Morgan fingerprint density at radius 1 is 1.18 bits per heavy atom. The number of phenolic OH excluding ortho intramolecular Hbond substituents is 1. The predicted molar refractivity (Wildman–Crippen MR) is 72.7 cm³/mol. The molecule has 17 heavy (non-hydrogen) atoms. The largest absolute Gasteiger partial charge is 0.508 e. The summed E-state index contributed by atoms with van der Waals surface area (Å²) < 4.78 is 0. The van der Waals surface area contributed by atoms with Gasteiger partial charge in [0, 0.05) is 5.56 Å². The summed E-state index contributed by atoms with van der Waals surface area (Å²) in [6.07, 6.45) is 0.784. The van der Waals surface area contributed by atoms with Crippen LogP contribution in [0.15, 0.2) is 36.4 Å². The molecule has 0 heterocycles. The van der Waals surface area contributed by atoms with Crippen LogP contribution in [0.2, 0.25) is 5.02 Å². The molecule has 2 heteroatoms. The molecule has 2 rings (SSSR count). The molecule has 0 aliphatic rings. The average Bonchev–Trinajstić information content (AvgIpc) is 2.35. The number of hydrogen-bond acceptors (Lipinski definition) is 1. The molecule has 0 radical (unpaired) electrons. The molecular weight excluding hydrogens is 232 g/mol. The van der Waals surface area contributed by atoms with Gasteiger partial charge in [0.1, 0.15) is 5.75 Å². The van der Waals surface area contributed by atoms with E-state index in [1.165, 1.54) is 0 Å². The standard InChI is InChI=1S/C15H15ClO/c1-3-12-10(2)15(16)13(9-14(12)17)11-7-5-4-6-8-11/h4-9,17H,3H2,1-2H3. The Kier molecular flexibility index (Phi) is 3.39. The van der Waals surface area contributed by atoms with E-state index in [4.69, 9.17) is 11.6 Å². The molecule has 1 nitrogen and oxygen atoms in total. The van der Waals surface area contributed by atoms with E-state index in [1.54, 1.807) is 6.07 Å². The SMILES string of the molecule is CCc1c(O)cc(-c2ccccc2)c(Cl)c1C. The molecule has 0 aliphatic heterocycles. The maximum Gasteiger partial charge on any atom is 0.119 e. The van der Waals surface area contributed by atoms with Crippen molar-refractivity contribution in [2.24, 2.45) is 0 Å². The first kappa shape index (κ1) is 12.0. The summed E-state index contributed by atoms with van der Waals surface area (Å²) in [5.41, 5.74) is 3.81. The van der Waals surface area contributed by atoms with Crippen LogP contribution in [0, 0.1) is 6.92 Å². The predicted octanol–water partition coefficient (Wildman–Crippen LogP) is 4.58. The topological polar surface area (TPSA) is 20.2 Å². The Balaban J connectivity index is 2.65. The minimum absolute atomic E-state index is 0.327. The number of halogens is 1. The lowest BCUT2D eigenvalue weighted by molar-refractivity contribution is 0.468. The van der Waals surface area contributed by atoms with Crippen LogP contribution in [0.3, 0.4) is 0 Å². The third-order valence-corrected chi connectivity index (χ3v) is 3.53. The summed E-state index contributed by atoms with van der Waals surface area (Å²) in [4.78, 5) is 0. The molecule has 0 aromatic heterocycles. The van der Waals surface area contributed by atoms with Gasteiger partial charge in [-0.15, -0.1) is 0 Å². The molecule has 88 valence electrons. The number of hydrogen-bond donors (Lipinski definition) is 1. The van der Waals surface area contributed by atoms with E-state index in [0.29, 0.717) is 5.75 Å². The monoisotopic (exact) mass is 246 g/mol. The highest BCUT2D eigenvalue weighted by atomic mass is 35.5. The lowest BCUT2D eigenvalue weighted by Gasteiger charge is -2.13. The van der Waals surface area contributed by atoms with Crippen LogP contribution >= 0.6 is 11.6 Å². The van der Waals surface area contributed by atoms with Gasteiger partial charge in [-0.05, 0) is 36.1 Å². The van der Waals surface area contributed by atoms with Gasteiger partial charge in [0.05, 0.1) is 5.02 Å². The van der Waals surface area contributed by atoms with Crippen LogP contribution in [0.5, 0.6) is 5.75 Å². The molecule has 0 bridgehead atoms. The Morgan fingerprint density at radius 3 is 2.41 bits per heavy atom. The van der Waals surface area contributed by atoms with Crippen LogP contribution in [-0.4, -0.2) is 5.11 Å². The lowest BCUT2D eigenvalue weighted by atomic mass is 9.97. The van der Waals surface area contributed by atoms with Gasteiger partial charge in [-0.25, -0.2) is 0 Å². The van der Waals surface area contributed by atoms with Crippen molar-refractivity contribution in [1.82, 2.24) is 0 Å². The smallest absolute Gasteiger partial charge is 0.119 e. The van der Waals surface area contributed by atoms with Crippen molar-refractivity contribution in [3.63, 3.8) is 0 Å². The van der Waals surface area contributed by atoms with Gasteiger partial charge in [-0.2, -0.15) is 0 Å². The Labute approximate surface area is 107 Å². The Morgan fingerprint density at radius 2 is 1.82 bits per heavy atom. The first-order valence-corrected chi connectivity index (χ1v) is 6.09. The zero-order valence-electron chi connectivity index (χ0n) is 10.00. The first-order valence-electron chi connectivity index (χ1n) is 5.71. The van der Waals surface area contributed by atoms with E-state index in [2.05, 4.69) is 0 Å². The quantitative estimate of drug-likeness (QED) is 0.822. The van der Waals surface area contributed by atoms with E-state index in [9.17, 15) is 5.11 Å². The molecule has 0 atom stereocenters. The minimum atomic E-state index is 0.327. The van der Waals surface area contributed by atoms with Gasteiger partial charge < -0.3 is 5.11 Å². The maximum absolute atomic E-state index is 10.00. The van der Waals surface area contributed by atoms with Crippen molar-refractivity contribution >= 4 is 11.6 Å². The summed E-state index contributed by atoms with van der Waals surface area (Å²) in [6, 6.07) is 11.6. The van der Waals surface area contributed by atoms with E-state index in [-0.39, 0.29) is 0 Å². The molecular formula is C15H15ClO. The third-order valence-electron chi connectivity index (χ3n) is 3.05. The van der Waals surface area contributed by atoms with Crippen LogP contribution in [0.4, 0.5) is 0 Å². The Hall–Kier alpha value is -1.47. The van der Waals surface area contributed by atoms with Crippen molar-refractivity contribution in [1.29, 1.82) is 0 Å². The second kappa shape index (κ2) is 4.80. The van der Waals surface area contributed by atoms with E-state index in [0.717, 1.165) is 33.7 Å². The number of aromatic hydroxyl groups is 1. The van der Waals surface area contributed by atoms with Crippen molar-refractivity contribution in [2.75, 3.05) is 0 Å². The zero-order chi connectivity index (χ0) is 12.4. The average molecular weight is 247 g/mol. The fourth-order valence-corrected chi connectivity index (χ4v) is 2.37. The summed E-state index contributed by atoms with van der Waals surface area (Å²) >= 11 is 6.37. The van der Waals surface area contributed by atoms with Gasteiger partial charge in [0.25, 0.3) is 0 Å². The van der Waals surface area contributed by atoms with Crippen LogP contribution < -0.4 is 0 Å². The molecule has 0 saturated heterocycles. The summed E-state index contributed by atoms with van der Waals surface area (Å²) in [7, 11) is 0. The van der Waals surface area contributed by atoms with E-state index in [1.807, 2.05) is 44.2 Å². The molecule has 1 N–H and O–H groups in total. The lowest BCUT2D eigenvalue weighted by Crippen LogP contribution is -1.92. The summed E-state index contributed by atoms with van der Waals surface area (Å²) in [5.74, 6) is 0.327. The van der Waals surface area contributed by atoms with Crippen LogP contribution in [0.1, 0.15) is 18.1 Å². The second-order valence-electron chi connectivity index (χ2n) is 4.08. The number of benzene rings is 2. The highest BCUT2D eigenvalue weighted by molar-refractivity contribution is 6.34. The summed E-state index contributed by atoms with van der Waals surface area (Å²) in [5, 5.41) is 10.7. The van der Waals surface area contributed by atoms with Crippen molar-refractivity contribution in [3.8, 4) is 16.9 Å². The fraction of sp³-hybridized carbons (Fsp3) is 0.200. The highest BCUT2D eigenvalue weighted by Gasteiger charge is 2.13. The van der Waals surface area contributed by atoms with E-state index >= 15 is 0 Å². The molecule has 0 fully saturated rings. The first-order chi connectivity index (χ1) is 8.15. The molecule has 0 unspecified atom stereocenters. The van der Waals surface area contributed by atoms with Crippen molar-refractivity contribution < 1.29 is 5.11 Å². The molecule has 2 aromatic carbocycles. The van der Waals surface area contributed by atoms with Gasteiger partial charge in [0.2, 0.25) is 0 Å². The highest BCUT2D eigenvalue weighted by Crippen LogP contribution is 2.37. The molecule has 0 saturated carbocycles. The Bertz CT molecular complexity index is 532. The molecule has 0 spiro atoms. The molecule has 0 aliphatic carbocycles. The zero-order valence-corrected chi connectivity index (χ0v) is 10.8. The van der Waals surface area contributed by atoms with Crippen LogP contribution in [-0.2, 0) is 6.42 Å². The number of phenols is 1. The van der Waals surface area contributed by atoms with E-state index < -0.39 is 0 Å². The number of rotatable bonds is 2.